The van der Waals surface area contributed by atoms with E-state index in [1.54, 1.807) is 6.33 Å². The zero-order chi connectivity index (χ0) is 22.8. The third-order valence-electron chi connectivity index (χ3n) is 5.54. The summed E-state index contributed by atoms with van der Waals surface area (Å²) in [5.74, 6) is 3.09. The molecule has 1 aliphatic heterocycles. The van der Waals surface area contributed by atoms with E-state index in [1.807, 2.05) is 57.2 Å². The molecular weight excluding hydrogens is 414 g/mol. The zero-order valence-electron chi connectivity index (χ0n) is 18.9. The first-order chi connectivity index (χ1) is 16.0. The first kappa shape index (κ1) is 20.9. The van der Waals surface area contributed by atoms with E-state index in [0.717, 1.165) is 68.9 Å². The molecule has 1 N–H and O–H groups in total. The molecule has 0 bridgehead atoms. The monoisotopic (exact) mass is 439 g/mol. The normalized spacial score (nSPS) is 13.0. The number of anilines is 2. The van der Waals surface area contributed by atoms with Crippen LogP contribution in [0.25, 0.3) is 10.9 Å². The van der Waals surface area contributed by atoms with Gasteiger partial charge in [-0.3, -0.25) is 9.98 Å². The minimum Gasteiger partial charge on any atom is -0.479 e. The summed E-state index contributed by atoms with van der Waals surface area (Å²) in [7, 11) is 0. The third-order valence-corrected chi connectivity index (χ3v) is 5.54. The van der Waals surface area contributed by atoms with Gasteiger partial charge in [0.15, 0.2) is 5.90 Å². The molecule has 0 saturated carbocycles. The van der Waals surface area contributed by atoms with E-state index in [4.69, 9.17) is 9.47 Å². The van der Waals surface area contributed by atoms with E-state index < -0.39 is 0 Å². The number of nitrogens with zero attached hydrogens (tertiary/aromatic N) is 4. The molecule has 0 fully saturated rings. The molecule has 3 heterocycles. The van der Waals surface area contributed by atoms with E-state index in [9.17, 15) is 0 Å². The number of benzene rings is 2. The van der Waals surface area contributed by atoms with Crippen molar-refractivity contribution in [2.45, 2.75) is 27.2 Å². The van der Waals surface area contributed by atoms with Crippen LogP contribution in [0.4, 0.5) is 11.5 Å². The van der Waals surface area contributed by atoms with Crippen molar-refractivity contribution in [3.63, 3.8) is 0 Å². The van der Waals surface area contributed by atoms with Crippen LogP contribution in [0, 0.1) is 20.8 Å². The van der Waals surface area contributed by atoms with Gasteiger partial charge in [-0.1, -0.05) is 6.07 Å². The summed E-state index contributed by atoms with van der Waals surface area (Å²) in [4.78, 5) is 17.8. The largest absolute Gasteiger partial charge is 0.479 e. The summed E-state index contributed by atoms with van der Waals surface area (Å²) < 4.78 is 11.7. The average molecular weight is 440 g/mol. The first-order valence-corrected chi connectivity index (χ1v) is 10.9. The quantitative estimate of drug-likeness (QED) is 0.430. The van der Waals surface area contributed by atoms with Gasteiger partial charge >= 0.3 is 0 Å². The number of hydrogen-bond donors (Lipinski definition) is 1. The van der Waals surface area contributed by atoms with Crippen molar-refractivity contribution in [3.8, 4) is 11.5 Å². The van der Waals surface area contributed by atoms with Gasteiger partial charge in [-0.05, 0) is 74.4 Å². The molecule has 5 rings (SSSR count). The van der Waals surface area contributed by atoms with Gasteiger partial charge in [-0.15, -0.1) is 0 Å². The second-order valence-corrected chi connectivity index (χ2v) is 8.12. The van der Waals surface area contributed by atoms with Crippen LogP contribution in [0.5, 0.6) is 11.5 Å². The number of nitrogens with one attached hydrogen (secondary N) is 1. The minimum absolute atomic E-state index is 0.665. The predicted molar refractivity (Wildman–Crippen MR) is 130 cm³/mol. The van der Waals surface area contributed by atoms with Crippen molar-refractivity contribution < 1.29 is 9.47 Å². The molecule has 7 heteroatoms. The summed E-state index contributed by atoms with van der Waals surface area (Å²) >= 11 is 0. The Bertz CT molecular complexity index is 1370. The van der Waals surface area contributed by atoms with Crippen molar-refractivity contribution in [3.05, 3.63) is 77.4 Å². The number of rotatable bonds is 6. The summed E-state index contributed by atoms with van der Waals surface area (Å²) in [5.41, 5.74) is 5.77. The Hall–Kier alpha value is -4.00. The SMILES string of the molecule is Cc1ccc(Oc2ccc(Nc3ncnc4ccc(CC5=NCCO5)cc34)cc2C)c(C)n1. The number of pyridine rings is 1. The fourth-order valence-corrected chi connectivity index (χ4v) is 3.85. The average Bonchev–Trinajstić information content (AvgIpc) is 3.31. The topological polar surface area (TPSA) is 81.5 Å². The molecule has 166 valence electrons. The highest BCUT2D eigenvalue weighted by Crippen LogP contribution is 2.31. The summed E-state index contributed by atoms with van der Waals surface area (Å²) in [6, 6.07) is 16.1. The molecule has 0 saturated heterocycles. The molecule has 0 radical (unpaired) electrons. The summed E-state index contributed by atoms with van der Waals surface area (Å²) in [6.45, 7) is 7.35. The van der Waals surface area contributed by atoms with E-state index >= 15 is 0 Å². The molecule has 33 heavy (non-hydrogen) atoms. The lowest BCUT2D eigenvalue weighted by molar-refractivity contribution is 0.341. The number of hydrogen-bond acceptors (Lipinski definition) is 7. The second kappa shape index (κ2) is 8.86. The van der Waals surface area contributed by atoms with Crippen LogP contribution in [0.2, 0.25) is 0 Å². The standard InChI is InChI=1S/C26H25N5O2/c1-16-12-20(6-9-23(16)33-24-8-4-17(2)30-18(24)3)31-26-21-13-19(14-25-27-10-11-32-25)5-7-22(21)28-15-29-26/h4-9,12-13,15H,10-11,14H2,1-3H3,(H,28,29,31). The predicted octanol–water partition coefficient (Wildman–Crippen LogP) is 5.46. The Labute approximate surface area is 192 Å². The van der Waals surface area contributed by atoms with Gasteiger partial charge in [0.1, 0.15) is 30.3 Å². The highest BCUT2D eigenvalue weighted by molar-refractivity contribution is 5.92. The summed E-state index contributed by atoms with van der Waals surface area (Å²) in [6.07, 6.45) is 2.24. The molecule has 0 unspecified atom stereocenters. The second-order valence-electron chi connectivity index (χ2n) is 8.12. The van der Waals surface area contributed by atoms with E-state index in [1.165, 1.54) is 0 Å². The van der Waals surface area contributed by atoms with Crippen LogP contribution in [0.15, 0.2) is 59.9 Å². The van der Waals surface area contributed by atoms with Gasteiger partial charge in [-0.2, -0.15) is 0 Å². The molecule has 2 aromatic heterocycles. The van der Waals surface area contributed by atoms with Crippen LogP contribution in [0.3, 0.4) is 0 Å². The molecule has 4 aromatic rings. The van der Waals surface area contributed by atoms with Gasteiger partial charge in [0.2, 0.25) is 0 Å². The van der Waals surface area contributed by atoms with E-state index in [0.29, 0.717) is 13.0 Å². The lowest BCUT2D eigenvalue weighted by Crippen LogP contribution is -2.04. The number of aromatic nitrogens is 3. The Balaban J connectivity index is 1.39. The first-order valence-electron chi connectivity index (χ1n) is 10.9. The molecule has 1 aliphatic rings. The van der Waals surface area contributed by atoms with Crippen LogP contribution in [-0.2, 0) is 11.2 Å². The molecule has 0 amide bonds. The molecular formula is C26H25N5O2. The van der Waals surface area contributed by atoms with Gasteiger partial charge in [0, 0.05) is 23.2 Å². The van der Waals surface area contributed by atoms with Gasteiger partial charge in [-0.25, -0.2) is 9.97 Å². The highest BCUT2D eigenvalue weighted by atomic mass is 16.5. The Morgan fingerprint density at radius 1 is 0.970 bits per heavy atom. The highest BCUT2D eigenvalue weighted by Gasteiger charge is 2.12. The Morgan fingerprint density at radius 2 is 1.85 bits per heavy atom. The van der Waals surface area contributed by atoms with Crippen molar-refractivity contribution >= 4 is 28.3 Å². The number of aliphatic imine (C=N–C) groups is 1. The smallest absolute Gasteiger partial charge is 0.187 e. The maximum Gasteiger partial charge on any atom is 0.187 e. The van der Waals surface area contributed by atoms with Crippen LogP contribution in [0.1, 0.15) is 22.5 Å². The fourth-order valence-electron chi connectivity index (χ4n) is 3.85. The maximum absolute atomic E-state index is 6.11. The molecule has 2 aromatic carbocycles. The van der Waals surface area contributed by atoms with Gasteiger partial charge in [0.05, 0.1) is 17.8 Å². The summed E-state index contributed by atoms with van der Waals surface area (Å²) in [5, 5.41) is 4.39. The minimum atomic E-state index is 0.665. The molecule has 0 atom stereocenters. The van der Waals surface area contributed by atoms with Gasteiger partial charge < -0.3 is 14.8 Å². The number of ether oxygens (including phenoxy) is 2. The lowest BCUT2D eigenvalue weighted by atomic mass is 10.1. The third kappa shape index (κ3) is 4.62. The Morgan fingerprint density at radius 3 is 2.64 bits per heavy atom. The number of aryl methyl sites for hydroxylation is 3. The van der Waals surface area contributed by atoms with Crippen molar-refractivity contribution in [2.75, 3.05) is 18.5 Å². The lowest BCUT2D eigenvalue weighted by Gasteiger charge is -2.14. The molecule has 0 spiro atoms. The molecule has 7 nitrogen and oxygen atoms in total. The van der Waals surface area contributed by atoms with Crippen LogP contribution < -0.4 is 10.1 Å². The van der Waals surface area contributed by atoms with Crippen LogP contribution in [-0.4, -0.2) is 34.0 Å². The molecule has 0 aliphatic carbocycles. The maximum atomic E-state index is 6.11. The van der Waals surface area contributed by atoms with Crippen LogP contribution >= 0.6 is 0 Å². The van der Waals surface area contributed by atoms with Crippen molar-refractivity contribution in [2.24, 2.45) is 4.99 Å². The van der Waals surface area contributed by atoms with Crippen molar-refractivity contribution in [1.82, 2.24) is 15.0 Å². The van der Waals surface area contributed by atoms with E-state index in [-0.39, 0.29) is 0 Å². The zero-order valence-corrected chi connectivity index (χ0v) is 18.9. The Kier molecular flexibility index (Phi) is 5.60. The van der Waals surface area contributed by atoms with Gasteiger partial charge in [0.25, 0.3) is 0 Å². The number of fused-ring (bicyclic) bond motifs is 1. The van der Waals surface area contributed by atoms with Crippen molar-refractivity contribution in [1.29, 1.82) is 0 Å². The fraction of sp³-hybridized carbons (Fsp3) is 0.231. The van der Waals surface area contributed by atoms with E-state index in [2.05, 4.69) is 37.4 Å².